The number of hydrogen-bond donors (Lipinski definition) is 1. The van der Waals surface area contributed by atoms with E-state index >= 15 is 0 Å². The Hall–Kier alpha value is -1.62. The second kappa shape index (κ2) is 5.35. The van der Waals surface area contributed by atoms with Crippen LogP contribution in [0.1, 0.15) is 18.4 Å². The fraction of sp³-hybridized carbons (Fsp3) is 0.538. The zero-order chi connectivity index (χ0) is 13.0. The number of carboxylic acids is 1. The molecule has 0 spiro atoms. The van der Waals surface area contributed by atoms with Crippen LogP contribution in [0.2, 0.25) is 0 Å². The molecule has 5 nitrogen and oxygen atoms in total. The lowest BCUT2D eigenvalue weighted by Crippen LogP contribution is -2.39. The lowest BCUT2D eigenvalue weighted by Gasteiger charge is -2.33. The summed E-state index contributed by atoms with van der Waals surface area (Å²) in [7, 11) is 1.54. The number of pyridine rings is 1. The first-order valence-electron chi connectivity index (χ1n) is 5.97. The van der Waals surface area contributed by atoms with Gasteiger partial charge in [0, 0.05) is 25.0 Å². The number of hydrogen-bond acceptors (Lipinski definition) is 4. The van der Waals surface area contributed by atoms with Crippen molar-refractivity contribution < 1.29 is 19.4 Å². The highest BCUT2D eigenvalue weighted by Gasteiger charge is 2.40. The number of methoxy groups -OCH3 is 1. The average Bonchev–Trinajstić information content (AvgIpc) is 2.40. The minimum atomic E-state index is -0.767. The van der Waals surface area contributed by atoms with Crippen LogP contribution in [0.5, 0.6) is 5.88 Å². The molecule has 0 aromatic carbocycles. The van der Waals surface area contributed by atoms with Gasteiger partial charge in [-0.15, -0.1) is 0 Å². The van der Waals surface area contributed by atoms with Crippen LogP contribution in [-0.2, 0) is 16.0 Å². The van der Waals surface area contributed by atoms with E-state index in [1.165, 1.54) is 0 Å². The van der Waals surface area contributed by atoms with Crippen LogP contribution in [0.3, 0.4) is 0 Å². The van der Waals surface area contributed by atoms with Crippen molar-refractivity contribution >= 4 is 5.97 Å². The Kier molecular flexibility index (Phi) is 3.81. The van der Waals surface area contributed by atoms with Gasteiger partial charge in [0.05, 0.1) is 12.5 Å². The third-order valence-corrected chi connectivity index (χ3v) is 3.48. The third kappa shape index (κ3) is 2.46. The molecule has 1 saturated heterocycles. The number of ether oxygens (including phenoxy) is 2. The number of rotatable bonds is 4. The van der Waals surface area contributed by atoms with Gasteiger partial charge in [-0.05, 0) is 25.3 Å². The molecular formula is C13H17NO4. The molecule has 0 unspecified atom stereocenters. The quantitative estimate of drug-likeness (QED) is 0.878. The molecular weight excluding hydrogens is 234 g/mol. The number of carboxylic acid groups (broad SMARTS) is 1. The van der Waals surface area contributed by atoms with Crippen LogP contribution in [0.25, 0.3) is 0 Å². The molecule has 1 aliphatic rings. The van der Waals surface area contributed by atoms with Crippen molar-refractivity contribution in [2.24, 2.45) is 5.41 Å². The van der Waals surface area contributed by atoms with Gasteiger partial charge in [-0.25, -0.2) is 4.98 Å². The number of aromatic nitrogens is 1. The minimum Gasteiger partial charge on any atom is -0.481 e. The van der Waals surface area contributed by atoms with E-state index in [-0.39, 0.29) is 0 Å². The van der Waals surface area contributed by atoms with Crippen LogP contribution in [-0.4, -0.2) is 36.4 Å². The molecule has 0 aliphatic carbocycles. The average molecular weight is 251 g/mol. The van der Waals surface area contributed by atoms with Crippen molar-refractivity contribution in [3.63, 3.8) is 0 Å². The Morgan fingerprint density at radius 1 is 1.56 bits per heavy atom. The van der Waals surface area contributed by atoms with Crippen LogP contribution in [0.15, 0.2) is 18.3 Å². The van der Waals surface area contributed by atoms with Crippen molar-refractivity contribution in [2.45, 2.75) is 19.3 Å². The molecule has 1 N–H and O–H groups in total. The molecule has 0 saturated carbocycles. The molecule has 5 heteroatoms. The third-order valence-electron chi connectivity index (χ3n) is 3.48. The van der Waals surface area contributed by atoms with Gasteiger partial charge in [0.1, 0.15) is 0 Å². The first-order chi connectivity index (χ1) is 8.68. The largest absolute Gasteiger partial charge is 0.481 e. The molecule has 2 rings (SSSR count). The fourth-order valence-corrected chi connectivity index (χ4v) is 2.34. The van der Waals surface area contributed by atoms with Crippen molar-refractivity contribution in [3.8, 4) is 5.88 Å². The fourth-order valence-electron chi connectivity index (χ4n) is 2.34. The predicted molar refractivity (Wildman–Crippen MR) is 64.6 cm³/mol. The van der Waals surface area contributed by atoms with E-state index in [1.54, 1.807) is 19.4 Å². The number of carbonyl (C=O) groups is 1. The number of aliphatic carboxylic acids is 1. The summed E-state index contributed by atoms with van der Waals surface area (Å²) in [5.74, 6) is -0.263. The molecule has 1 aromatic heterocycles. The Morgan fingerprint density at radius 3 is 2.89 bits per heavy atom. The van der Waals surface area contributed by atoms with Crippen LogP contribution >= 0.6 is 0 Å². The highest BCUT2D eigenvalue weighted by atomic mass is 16.5. The van der Waals surface area contributed by atoms with Gasteiger partial charge in [0.15, 0.2) is 0 Å². The molecule has 18 heavy (non-hydrogen) atoms. The second-order valence-electron chi connectivity index (χ2n) is 4.55. The smallest absolute Gasteiger partial charge is 0.310 e. The van der Waals surface area contributed by atoms with Gasteiger partial charge in [-0.2, -0.15) is 0 Å². The van der Waals surface area contributed by atoms with Gasteiger partial charge in [0.25, 0.3) is 0 Å². The Bertz CT molecular complexity index is 427. The van der Waals surface area contributed by atoms with Crippen molar-refractivity contribution in [2.75, 3.05) is 20.3 Å². The Morgan fingerprint density at radius 2 is 2.28 bits per heavy atom. The summed E-state index contributed by atoms with van der Waals surface area (Å²) < 4.78 is 10.4. The summed E-state index contributed by atoms with van der Waals surface area (Å²) >= 11 is 0. The number of nitrogens with zero attached hydrogens (tertiary/aromatic N) is 1. The van der Waals surface area contributed by atoms with E-state index in [0.29, 0.717) is 38.4 Å². The first kappa shape index (κ1) is 12.8. The van der Waals surface area contributed by atoms with E-state index < -0.39 is 11.4 Å². The highest BCUT2D eigenvalue weighted by Crippen LogP contribution is 2.36. The lowest BCUT2D eigenvalue weighted by atomic mass is 9.75. The summed E-state index contributed by atoms with van der Waals surface area (Å²) in [6, 6.07) is 3.67. The monoisotopic (exact) mass is 251 g/mol. The summed E-state index contributed by atoms with van der Waals surface area (Å²) in [6.07, 6.45) is 3.13. The predicted octanol–water partition coefficient (Wildman–Crippen LogP) is 1.51. The Labute approximate surface area is 106 Å². The lowest BCUT2D eigenvalue weighted by molar-refractivity contribution is -0.154. The maximum atomic E-state index is 11.6. The van der Waals surface area contributed by atoms with Gasteiger partial charge >= 0.3 is 5.97 Å². The second-order valence-corrected chi connectivity index (χ2v) is 4.55. The highest BCUT2D eigenvalue weighted by molar-refractivity contribution is 5.75. The summed E-state index contributed by atoms with van der Waals surface area (Å²) in [6.45, 7) is 0.990. The zero-order valence-electron chi connectivity index (χ0n) is 10.4. The van der Waals surface area contributed by atoms with Crippen molar-refractivity contribution in [1.29, 1.82) is 0 Å². The molecule has 2 heterocycles. The molecule has 1 fully saturated rings. The van der Waals surface area contributed by atoms with E-state index in [4.69, 9.17) is 9.47 Å². The Balaban J connectivity index is 2.26. The SMILES string of the molecule is COc1ncccc1CC1(C(=O)O)CCOCC1. The van der Waals surface area contributed by atoms with Gasteiger partial charge in [-0.1, -0.05) is 6.07 Å². The standard InChI is InChI=1S/C13H17NO4/c1-17-11-10(3-2-6-14-11)9-13(12(15)16)4-7-18-8-5-13/h2-3,6H,4-5,7-9H2,1H3,(H,15,16). The van der Waals surface area contributed by atoms with E-state index in [1.807, 2.05) is 6.07 Å². The zero-order valence-corrected chi connectivity index (χ0v) is 10.4. The topological polar surface area (TPSA) is 68.7 Å². The molecule has 0 atom stereocenters. The molecule has 1 aromatic rings. The van der Waals surface area contributed by atoms with Gasteiger partial charge in [0.2, 0.25) is 5.88 Å². The van der Waals surface area contributed by atoms with Gasteiger partial charge in [-0.3, -0.25) is 4.79 Å². The summed E-state index contributed by atoms with van der Waals surface area (Å²) in [4.78, 5) is 15.7. The summed E-state index contributed by atoms with van der Waals surface area (Å²) in [5.41, 5.74) is 0.0819. The van der Waals surface area contributed by atoms with Crippen LogP contribution in [0, 0.1) is 5.41 Å². The maximum Gasteiger partial charge on any atom is 0.310 e. The minimum absolute atomic E-state index is 0.433. The van der Waals surface area contributed by atoms with Gasteiger partial charge < -0.3 is 14.6 Å². The maximum absolute atomic E-state index is 11.6. The molecule has 0 radical (unpaired) electrons. The molecule has 1 aliphatic heterocycles. The molecule has 0 amide bonds. The van der Waals surface area contributed by atoms with Crippen LogP contribution < -0.4 is 4.74 Å². The van der Waals surface area contributed by atoms with E-state index in [0.717, 1.165) is 5.56 Å². The molecule has 0 bridgehead atoms. The normalized spacial score (nSPS) is 18.3. The van der Waals surface area contributed by atoms with E-state index in [2.05, 4.69) is 4.98 Å². The molecule has 98 valence electrons. The summed E-state index contributed by atoms with van der Waals surface area (Å²) in [5, 5.41) is 9.50. The van der Waals surface area contributed by atoms with Crippen molar-refractivity contribution in [1.82, 2.24) is 4.98 Å². The van der Waals surface area contributed by atoms with E-state index in [9.17, 15) is 9.90 Å². The van der Waals surface area contributed by atoms with Crippen molar-refractivity contribution in [3.05, 3.63) is 23.9 Å². The first-order valence-corrected chi connectivity index (χ1v) is 5.97. The van der Waals surface area contributed by atoms with Crippen LogP contribution in [0.4, 0.5) is 0 Å².